The summed E-state index contributed by atoms with van der Waals surface area (Å²) >= 11 is 0. The molecule has 2 fully saturated rings. The third kappa shape index (κ3) is 13.9. The predicted octanol–water partition coefficient (Wildman–Crippen LogP) is 14.4. The maximum atomic E-state index is 2.59. The van der Waals surface area contributed by atoms with Crippen LogP contribution in [0, 0.1) is 0 Å². The molecule has 0 spiro atoms. The summed E-state index contributed by atoms with van der Waals surface area (Å²) in [6.45, 7) is 21.7. The molecule has 2 heterocycles. The summed E-state index contributed by atoms with van der Waals surface area (Å²) in [6, 6.07) is 49.8. The molecule has 6 nitrogen and oxygen atoms in total. The summed E-state index contributed by atoms with van der Waals surface area (Å²) in [4.78, 5) is 12.7. The quantitative estimate of drug-likeness (QED) is 0.0507. The molecule has 0 atom stereocenters. The van der Waals surface area contributed by atoms with E-state index in [0.717, 1.165) is 78.5 Å². The predicted molar refractivity (Wildman–Crippen MR) is 309 cm³/mol. The normalized spacial score (nSPS) is 15.3. The Labute approximate surface area is 428 Å². The van der Waals surface area contributed by atoms with Crippen LogP contribution in [0.4, 0.5) is 28.4 Å². The molecule has 0 saturated carbocycles. The van der Waals surface area contributed by atoms with E-state index in [0.29, 0.717) is 0 Å². The van der Waals surface area contributed by atoms with Crippen LogP contribution in [-0.2, 0) is 0 Å². The highest BCUT2D eigenvalue weighted by atomic mass is 15.3. The number of allylic oxidation sites excluding steroid dienone is 9. The number of nitrogens with zero attached hydrogens (tertiary/aromatic N) is 6. The second-order valence-electron chi connectivity index (χ2n) is 19.5. The first kappa shape index (κ1) is 50.8. The zero-order valence-electron chi connectivity index (χ0n) is 43.6. The van der Waals surface area contributed by atoms with Crippen molar-refractivity contribution in [1.29, 1.82) is 0 Å². The minimum atomic E-state index is 1.01. The number of benzene rings is 5. The number of hydrogen-bond donors (Lipinski definition) is 0. The van der Waals surface area contributed by atoms with E-state index in [1.807, 2.05) is 0 Å². The molecule has 0 radical (unpaired) electrons. The van der Waals surface area contributed by atoms with Crippen LogP contribution in [0.3, 0.4) is 0 Å². The molecule has 0 unspecified atom stereocenters. The Kier molecular flexibility index (Phi) is 19.1. The van der Waals surface area contributed by atoms with Crippen molar-refractivity contribution in [3.63, 3.8) is 0 Å². The van der Waals surface area contributed by atoms with Gasteiger partial charge in [-0.15, -0.1) is 0 Å². The van der Waals surface area contributed by atoms with Crippen LogP contribution >= 0.6 is 0 Å². The van der Waals surface area contributed by atoms with Crippen LogP contribution in [0.25, 0.3) is 11.1 Å². The third-order valence-corrected chi connectivity index (χ3v) is 14.6. The van der Waals surface area contributed by atoms with E-state index in [1.165, 1.54) is 119 Å². The van der Waals surface area contributed by atoms with Gasteiger partial charge in [-0.05, 0) is 132 Å². The summed E-state index contributed by atoms with van der Waals surface area (Å²) < 4.78 is 2.54. The van der Waals surface area contributed by atoms with Gasteiger partial charge >= 0.3 is 0 Å². The van der Waals surface area contributed by atoms with E-state index in [9.17, 15) is 0 Å². The number of unbranched alkanes of at least 4 members (excludes halogenated alkanes) is 4. The van der Waals surface area contributed by atoms with Crippen LogP contribution < -0.4 is 24.5 Å². The number of rotatable bonds is 22. The summed E-state index contributed by atoms with van der Waals surface area (Å²) in [7, 11) is 0. The summed E-state index contributed by atoms with van der Waals surface area (Å²) in [5.41, 5.74) is 15.2. The van der Waals surface area contributed by atoms with Gasteiger partial charge in [-0.1, -0.05) is 144 Å². The number of piperazine rings is 2. The Bertz CT molecular complexity index is 2530. The number of para-hydroxylation sites is 2. The van der Waals surface area contributed by atoms with E-state index < -0.39 is 0 Å². The zero-order valence-corrected chi connectivity index (χ0v) is 43.6. The van der Waals surface area contributed by atoms with Gasteiger partial charge in [-0.2, -0.15) is 0 Å². The minimum absolute atomic E-state index is 1.01. The van der Waals surface area contributed by atoms with Gasteiger partial charge in [0, 0.05) is 92.9 Å². The zero-order chi connectivity index (χ0) is 49.0. The fraction of sp³-hybridized carbons (Fsp3) is 0.369. The van der Waals surface area contributed by atoms with E-state index in [4.69, 9.17) is 0 Å². The molecule has 1 aliphatic carbocycles. The maximum Gasteiger partial charge on any atom is 0.200 e. The molecule has 0 bridgehead atoms. The maximum absolute atomic E-state index is 2.59. The van der Waals surface area contributed by atoms with Crippen molar-refractivity contribution >= 4 is 45.3 Å². The molecule has 2 saturated heterocycles. The van der Waals surface area contributed by atoms with Crippen LogP contribution in [0.5, 0.6) is 0 Å². The van der Waals surface area contributed by atoms with Gasteiger partial charge in [0.05, 0.1) is 13.1 Å². The molecule has 5 aromatic carbocycles. The summed E-state index contributed by atoms with van der Waals surface area (Å²) in [5, 5.41) is 0. The average molecular weight is 946 g/mol. The van der Waals surface area contributed by atoms with Crippen molar-refractivity contribution in [3.05, 3.63) is 198 Å². The molecule has 6 heteroatoms. The van der Waals surface area contributed by atoms with Crippen molar-refractivity contribution < 1.29 is 4.58 Å². The third-order valence-electron chi connectivity index (χ3n) is 14.6. The Hall–Kier alpha value is -6.53. The van der Waals surface area contributed by atoms with E-state index in [1.54, 1.807) is 0 Å². The van der Waals surface area contributed by atoms with Gasteiger partial charge in [0.25, 0.3) is 0 Å². The highest BCUT2D eigenvalue weighted by molar-refractivity contribution is 6.03. The Morgan fingerprint density at radius 2 is 0.845 bits per heavy atom. The molecule has 71 heavy (non-hydrogen) atoms. The van der Waals surface area contributed by atoms with E-state index in [-0.39, 0.29) is 0 Å². The van der Waals surface area contributed by atoms with Gasteiger partial charge in [0.2, 0.25) is 0 Å². The first-order chi connectivity index (χ1) is 35.0. The Morgan fingerprint density at radius 3 is 1.28 bits per heavy atom. The monoisotopic (exact) mass is 946 g/mol. The molecule has 2 aliphatic heterocycles. The molecule has 370 valence electrons. The molecule has 0 amide bonds. The van der Waals surface area contributed by atoms with Crippen molar-refractivity contribution in [1.82, 2.24) is 0 Å². The first-order valence-corrected chi connectivity index (χ1v) is 27.3. The molecular weight excluding hydrogens is 865 g/mol. The lowest BCUT2D eigenvalue weighted by Gasteiger charge is -2.37. The molecule has 0 aromatic heterocycles. The van der Waals surface area contributed by atoms with E-state index in [2.05, 4.69) is 233 Å². The number of hydrogen-bond acceptors (Lipinski definition) is 5. The smallest absolute Gasteiger partial charge is 0.200 e. The van der Waals surface area contributed by atoms with Gasteiger partial charge in [0.1, 0.15) is 0 Å². The average Bonchev–Trinajstić information content (AvgIpc) is 3.44. The molecule has 5 aromatic rings. The summed E-state index contributed by atoms with van der Waals surface area (Å²) in [5.74, 6) is 0. The molecular formula is C65H81N6+. The SMILES string of the molecule is CCCCN(CCCC)c1ccc(C(/C=C/C=C(/c2ccc(N(CCCC)CCCC)cc2)c2ccc(N3CCN(c4ccccc4)CC3)cc2)=C2C=CC(=[N+]3CCN(c4ccccc4)CC3)C=C2)cc1. The van der Waals surface area contributed by atoms with Gasteiger partial charge in [-0.25, -0.2) is 4.58 Å². The van der Waals surface area contributed by atoms with E-state index >= 15 is 0 Å². The van der Waals surface area contributed by atoms with Gasteiger partial charge in [0.15, 0.2) is 18.8 Å². The highest BCUT2D eigenvalue weighted by Gasteiger charge is 2.23. The molecule has 8 rings (SSSR count). The van der Waals surface area contributed by atoms with Crippen molar-refractivity contribution in [3.8, 4) is 0 Å². The van der Waals surface area contributed by atoms with Crippen LogP contribution in [0.1, 0.15) is 95.8 Å². The van der Waals surface area contributed by atoms with Crippen LogP contribution in [-0.4, -0.2) is 88.8 Å². The number of anilines is 5. The fourth-order valence-corrected chi connectivity index (χ4v) is 10.2. The lowest BCUT2D eigenvalue weighted by Crippen LogP contribution is -2.46. The van der Waals surface area contributed by atoms with Crippen molar-refractivity contribution in [2.75, 3.05) is 103 Å². The molecule has 0 N–H and O–H groups in total. The minimum Gasteiger partial charge on any atom is -0.372 e. The van der Waals surface area contributed by atoms with Crippen molar-refractivity contribution in [2.24, 2.45) is 0 Å². The lowest BCUT2D eigenvalue weighted by molar-refractivity contribution is -0.528. The largest absolute Gasteiger partial charge is 0.372 e. The van der Waals surface area contributed by atoms with Crippen LogP contribution in [0.2, 0.25) is 0 Å². The van der Waals surface area contributed by atoms with Gasteiger partial charge < -0.3 is 24.5 Å². The second-order valence-corrected chi connectivity index (χ2v) is 19.5. The Balaban J connectivity index is 1.11. The topological polar surface area (TPSA) is 19.2 Å². The Morgan fingerprint density at radius 1 is 0.451 bits per heavy atom. The standard InChI is InChI=1S/C65H81N6/c1-5-9-42-66(43-10-6-2)60-34-26-54(27-35-60)64(56-30-38-62(39-31-56)70-50-46-68(47-51-70)58-20-15-13-16-21-58)24-19-25-65(55-28-36-61(37-29-55)67(44-11-7-3)45-12-8-4)57-32-40-63(41-33-57)71-52-48-69(49-53-71)59-22-17-14-18-23-59/h13-41H,5-12,42-53H2,1-4H3/q+1. The lowest BCUT2D eigenvalue weighted by atomic mass is 9.94. The second kappa shape index (κ2) is 26.6. The van der Waals surface area contributed by atoms with Crippen molar-refractivity contribution in [2.45, 2.75) is 79.1 Å². The molecule has 3 aliphatic rings. The highest BCUT2D eigenvalue weighted by Crippen LogP contribution is 2.32. The first-order valence-electron chi connectivity index (χ1n) is 27.3. The fourth-order valence-electron chi connectivity index (χ4n) is 10.2. The van der Waals surface area contributed by atoms with Gasteiger partial charge in [-0.3, -0.25) is 0 Å². The van der Waals surface area contributed by atoms with Crippen LogP contribution in [0.15, 0.2) is 182 Å². The summed E-state index contributed by atoms with van der Waals surface area (Å²) in [6.07, 6.45) is 26.0.